The van der Waals surface area contributed by atoms with Crippen molar-refractivity contribution in [2.24, 2.45) is 0 Å². The molecule has 1 rings (SSSR count). The van der Waals surface area contributed by atoms with Crippen LogP contribution in [0.4, 0.5) is 0 Å². The van der Waals surface area contributed by atoms with Gasteiger partial charge in [0.15, 0.2) is 0 Å². The first-order valence-corrected chi connectivity index (χ1v) is 5.40. The summed E-state index contributed by atoms with van der Waals surface area (Å²) in [5, 5.41) is 9.69. The van der Waals surface area contributed by atoms with E-state index in [2.05, 4.69) is 13.2 Å². The number of amides is 1. The van der Waals surface area contributed by atoms with Gasteiger partial charge in [-0.15, -0.1) is 13.2 Å². The van der Waals surface area contributed by atoms with Crippen molar-refractivity contribution < 1.29 is 9.90 Å². The Hall–Kier alpha value is -2.03. The zero-order valence-electron chi connectivity index (χ0n) is 10.0. The molecule has 0 aromatic heterocycles. The molecule has 0 aliphatic rings. The van der Waals surface area contributed by atoms with E-state index in [1.807, 2.05) is 6.92 Å². The third-order valence-electron chi connectivity index (χ3n) is 2.37. The normalized spacial score (nSPS) is 9.71. The Bertz CT molecular complexity index is 428. The average molecular weight is 231 g/mol. The third kappa shape index (κ3) is 3.21. The molecule has 1 aromatic rings. The van der Waals surface area contributed by atoms with E-state index in [4.69, 9.17) is 0 Å². The predicted octanol–water partition coefficient (Wildman–Crippen LogP) is 2.51. The highest BCUT2D eigenvalue weighted by Crippen LogP contribution is 2.20. The molecular formula is C14H17NO2. The molecule has 0 radical (unpaired) electrons. The summed E-state index contributed by atoms with van der Waals surface area (Å²) in [7, 11) is 0. The number of aryl methyl sites for hydroxylation is 1. The number of phenolic OH excluding ortho intramolecular Hbond substituents is 1. The van der Waals surface area contributed by atoms with E-state index in [1.165, 1.54) is 6.07 Å². The summed E-state index contributed by atoms with van der Waals surface area (Å²) in [6.45, 7) is 9.95. The minimum Gasteiger partial charge on any atom is -0.507 e. The lowest BCUT2D eigenvalue weighted by molar-refractivity contribution is 0.0788. The second kappa shape index (κ2) is 5.89. The number of phenols is 1. The van der Waals surface area contributed by atoms with Crippen LogP contribution in [0.1, 0.15) is 15.9 Å². The highest BCUT2D eigenvalue weighted by molar-refractivity contribution is 5.97. The summed E-state index contributed by atoms with van der Waals surface area (Å²) < 4.78 is 0. The topological polar surface area (TPSA) is 40.5 Å². The minimum absolute atomic E-state index is 0.00118. The summed E-state index contributed by atoms with van der Waals surface area (Å²) >= 11 is 0. The van der Waals surface area contributed by atoms with E-state index in [0.717, 1.165) is 5.56 Å². The molecule has 3 heteroatoms. The van der Waals surface area contributed by atoms with Gasteiger partial charge < -0.3 is 10.0 Å². The molecule has 0 bridgehead atoms. The van der Waals surface area contributed by atoms with Crippen molar-refractivity contribution in [1.29, 1.82) is 0 Å². The summed E-state index contributed by atoms with van der Waals surface area (Å²) in [6, 6.07) is 4.97. The fourth-order valence-electron chi connectivity index (χ4n) is 1.54. The van der Waals surface area contributed by atoms with E-state index in [1.54, 1.807) is 29.2 Å². The van der Waals surface area contributed by atoms with Crippen LogP contribution in [0.25, 0.3) is 0 Å². The van der Waals surface area contributed by atoms with E-state index >= 15 is 0 Å². The van der Waals surface area contributed by atoms with E-state index in [0.29, 0.717) is 18.7 Å². The lowest BCUT2D eigenvalue weighted by Crippen LogP contribution is -2.31. The van der Waals surface area contributed by atoms with Gasteiger partial charge in [0, 0.05) is 13.1 Å². The molecule has 0 unspecified atom stereocenters. The maximum absolute atomic E-state index is 12.2. The zero-order chi connectivity index (χ0) is 12.8. The predicted molar refractivity (Wildman–Crippen MR) is 69.1 cm³/mol. The van der Waals surface area contributed by atoms with Crippen LogP contribution in [0.5, 0.6) is 5.75 Å². The smallest absolute Gasteiger partial charge is 0.258 e. The Labute approximate surface area is 102 Å². The van der Waals surface area contributed by atoms with Gasteiger partial charge in [0.1, 0.15) is 5.75 Å². The molecule has 90 valence electrons. The number of carbonyl (C=O) groups is 1. The standard InChI is InChI=1S/C14H17NO2/c1-4-8-15(9-5-2)14(17)12-10-11(3)6-7-13(12)16/h4-7,10,16H,1-2,8-9H2,3H3. The van der Waals surface area contributed by atoms with Gasteiger partial charge >= 0.3 is 0 Å². The number of carbonyl (C=O) groups excluding carboxylic acids is 1. The molecule has 0 aliphatic heterocycles. The second-order valence-electron chi connectivity index (χ2n) is 3.81. The van der Waals surface area contributed by atoms with Crippen LogP contribution < -0.4 is 0 Å². The molecule has 0 aliphatic carbocycles. The Morgan fingerprint density at radius 1 is 1.35 bits per heavy atom. The molecule has 0 spiro atoms. The lowest BCUT2D eigenvalue weighted by Gasteiger charge is -2.20. The SMILES string of the molecule is C=CCN(CC=C)C(=O)c1cc(C)ccc1O. The van der Waals surface area contributed by atoms with Crippen LogP contribution in [0.2, 0.25) is 0 Å². The van der Waals surface area contributed by atoms with Crippen LogP contribution in [-0.4, -0.2) is 29.0 Å². The minimum atomic E-state index is -0.217. The molecular weight excluding hydrogens is 214 g/mol. The van der Waals surface area contributed by atoms with Crippen molar-refractivity contribution in [3.05, 3.63) is 54.6 Å². The van der Waals surface area contributed by atoms with Crippen LogP contribution >= 0.6 is 0 Å². The monoisotopic (exact) mass is 231 g/mol. The summed E-state index contributed by atoms with van der Waals surface area (Å²) in [5.74, 6) is -0.218. The summed E-state index contributed by atoms with van der Waals surface area (Å²) in [6.07, 6.45) is 3.29. The Kier molecular flexibility index (Phi) is 4.52. The molecule has 0 saturated carbocycles. The van der Waals surface area contributed by atoms with Gasteiger partial charge in [-0.2, -0.15) is 0 Å². The molecule has 1 amide bonds. The molecule has 0 atom stereocenters. The highest BCUT2D eigenvalue weighted by atomic mass is 16.3. The first-order valence-electron chi connectivity index (χ1n) is 5.40. The lowest BCUT2D eigenvalue weighted by atomic mass is 10.1. The van der Waals surface area contributed by atoms with Crippen molar-refractivity contribution >= 4 is 5.91 Å². The molecule has 1 N–H and O–H groups in total. The third-order valence-corrected chi connectivity index (χ3v) is 2.37. The highest BCUT2D eigenvalue weighted by Gasteiger charge is 2.16. The second-order valence-corrected chi connectivity index (χ2v) is 3.81. The fraction of sp³-hybridized carbons (Fsp3) is 0.214. The van der Waals surface area contributed by atoms with Crippen molar-refractivity contribution in [1.82, 2.24) is 4.90 Å². The van der Waals surface area contributed by atoms with Crippen LogP contribution in [-0.2, 0) is 0 Å². The van der Waals surface area contributed by atoms with Gasteiger partial charge in [0.05, 0.1) is 5.56 Å². The number of nitrogens with zero attached hydrogens (tertiary/aromatic N) is 1. The van der Waals surface area contributed by atoms with Crippen molar-refractivity contribution in [3.63, 3.8) is 0 Å². The quantitative estimate of drug-likeness (QED) is 0.791. The average Bonchev–Trinajstić information content (AvgIpc) is 2.31. The van der Waals surface area contributed by atoms with E-state index < -0.39 is 0 Å². The Morgan fingerprint density at radius 2 is 1.94 bits per heavy atom. The van der Waals surface area contributed by atoms with Crippen molar-refractivity contribution in [2.75, 3.05) is 13.1 Å². The Morgan fingerprint density at radius 3 is 2.47 bits per heavy atom. The van der Waals surface area contributed by atoms with Gasteiger partial charge in [0.2, 0.25) is 0 Å². The van der Waals surface area contributed by atoms with E-state index in [9.17, 15) is 9.90 Å². The van der Waals surface area contributed by atoms with E-state index in [-0.39, 0.29) is 11.7 Å². The number of hydrogen-bond acceptors (Lipinski definition) is 2. The molecule has 17 heavy (non-hydrogen) atoms. The van der Waals surface area contributed by atoms with Gasteiger partial charge in [0.25, 0.3) is 5.91 Å². The fourth-order valence-corrected chi connectivity index (χ4v) is 1.54. The number of benzene rings is 1. The number of aromatic hydroxyl groups is 1. The Balaban J connectivity index is 3.03. The van der Waals surface area contributed by atoms with Gasteiger partial charge in [-0.3, -0.25) is 4.79 Å². The van der Waals surface area contributed by atoms with Gasteiger partial charge in [-0.25, -0.2) is 0 Å². The summed E-state index contributed by atoms with van der Waals surface area (Å²) in [4.78, 5) is 13.7. The summed E-state index contributed by atoms with van der Waals surface area (Å²) in [5.41, 5.74) is 1.25. The molecule has 3 nitrogen and oxygen atoms in total. The maximum Gasteiger partial charge on any atom is 0.258 e. The molecule has 0 fully saturated rings. The zero-order valence-corrected chi connectivity index (χ0v) is 10.0. The molecule has 0 saturated heterocycles. The molecule has 0 heterocycles. The van der Waals surface area contributed by atoms with Crippen LogP contribution in [0, 0.1) is 6.92 Å². The van der Waals surface area contributed by atoms with Gasteiger partial charge in [-0.1, -0.05) is 23.8 Å². The molecule has 1 aromatic carbocycles. The maximum atomic E-state index is 12.2. The number of hydrogen-bond donors (Lipinski definition) is 1. The van der Waals surface area contributed by atoms with Crippen molar-refractivity contribution in [2.45, 2.75) is 6.92 Å². The first kappa shape index (κ1) is 13.0. The first-order chi connectivity index (χ1) is 8.10. The van der Waals surface area contributed by atoms with Gasteiger partial charge in [-0.05, 0) is 19.1 Å². The number of rotatable bonds is 5. The van der Waals surface area contributed by atoms with Crippen LogP contribution in [0.3, 0.4) is 0 Å². The van der Waals surface area contributed by atoms with Crippen LogP contribution in [0.15, 0.2) is 43.5 Å². The largest absolute Gasteiger partial charge is 0.507 e. The van der Waals surface area contributed by atoms with Crippen molar-refractivity contribution in [3.8, 4) is 5.75 Å².